The molecular weight excluding hydrogens is 313 g/mol. The maximum atomic E-state index is 10.5. The van der Waals surface area contributed by atoms with Crippen LogP contribution in [0, 0.1) is 22.0 Å². The summed E-state index contributed by atoms with van der Waals surface area (Å²) in [6.07, 6.45) is 0. The van der Waals surface area contributed by atoms with E-state index < -0.39 is 4.92 Å². The van der Waals surface area contributed by atoms with Crippen molar-refractivity contribution in [3.63, 3.8) is 0 Å². The number of halogens is 2. The van der Waals surface area contributed by atoms with Gasteiger partial charge in [-0.2, -0.15) is 0 Å². The Hall–Kier alpha value is -2.22. The van der Waals surface area contributed by atoms with Crippen molar-refractivity contribution in [2.45, 2.75) is 0 Å². The predicted octanol–water partition coefficient (Wildman–Crippen LogP) is 4.33. The van der Waals surface area contributed by atoms with Crippen molar-refractivity contribution in [2.24, 2.45) is 0 Å². The average Bonchev–Trinajstić information content (AvgIpc) is 2.47. The molecular formula is C15H9Cl2NO3. The van der Waals surface area contributed by atoms with Gasteiger partial charge in [0.25, 0.3) is 5.69 Å². The van der Waals surface area contributed by atoms with Gasteiger partial charge < -0.3 is 4.74 Å². The van der Waals surface area contributed by atoms with Crippen molar-refractivity contribution in [2.75, 3.05) is 6.61 Å². The van der Waals surface area contributed by atoms with Gasteiger partial charge in [0.05, 0.1) is 15.0 Å². The number of hydrogen-bond acceptors (Lipinski definition) is 3. The van der Waals surface area contributed by atoms with Crippen molar-refractivity contribution in [1.82, 2.24) is 0 Å². The molecule has 0 spiro atoms. The third-order valence-corrected chi connectivity index (χ3v) is 3.25. The molecule has 2 aromatic carbocycles. The van der Waals surface area contributed by atoms with Gasteiger partial charge in [-0.1, -0.05) is 35.0 Å². The van der Waals surface area contributed by atoms with Crippen molar-refractivity contribution in [3.8, 4) is 17.6 Å². The topological polar surface area (TPSA) is 52.4 Å². The van der Waals surface area contributed by atoms with Crippen LogP contribution in [-0.4, -0.2) is 11.5 Å². The van der Waals surface area contributed by atoms with Gasteiger partial charge in [-0.3, -0.25) is 10.1 Å². The van der Waals surface area contributed by atoms with Crippen molar-refractivity contribution >= 4 is 28.9 Å². The fraction of sp³-hybridized carbons (Fsp3) is 0.0667. The molecule has 0 saturated carbocycles. The minimum Gasteiger partial charge on any atom is -0.481 e. The monoisotopic (exact) mass is 321 g/mol. The van der Waals surface area contributed by atoms with E-state index in [1.54, 1.807) is 30.3 Å². The quantitative estimate of drug-likeness (QED) is 0.480. The van der Waals surface area contributed by atoms with E-state index in [0.29, 0.717) is 21.4 Å². The molecule has 4 nitrogen and oxygen atoms in total. The van der Waals surface area contributed by atoms with Gasteiger partial charge in [0, 0.05) is 23.8 Å². The Balaban J connectivity index is 1.94. The third kappa shape index (κ3) is 4.38. The summed E-state index contributed by atoms with van der Waals surface area (Å²) in [7, 11) is 0. The van der Waals surface area contributed by atoms with Crippen LogP contribution in [-0.2, 0) is 0 Å². The van der Waals surface area contributed by atoms with E-state index in [1.165, 1.54) is 12.1 Å². The molecule has 21 heavy (non-hydrogen) atoms. The molecule has 2 rings (SSSR count). The lowest BCUT2D eigenvalue weighted by atomic mass is 10.2. The summed E-state index contributed by atoms with van der Waals surface area (Å²) in [4.78, 5) is 10.1. The van der Waals surface area contributed by atoms with E-state index in [-0.39, 0.29) is 12.3 Å². The number of ether oxygens (including phenoxy) is 1. The zero-order valence-corrected chi connectivity index (χ0v) is 12.2. The standard InChI is InChI=1S/C15H9Cl2NO3/c16-14-8-7-13(10-15(14)17)21-9-1-2-11-3-5-12(6-4-11)18(19)20/h3-8,10H,9H2. The van der Waals surface area contributed by atoms with Gasteiger partial charge in [0.1, 0.15) is 12.4 Å². The lowest BCUT2D eigenvalue weighted by molar-refractivity contribution is -0.384. The second kappa shape index (κ2) is 6.98. The maximum absolute atomic E-state index is 10.5. The number of nitro groups is 1. The molecule has 0 aliphatic carbocycles. The smallest absolute Gasteiger partial charge is 0.269 e. The highest BCUT2D eigenvalue weighted by atomic mass is 35.5. The summed E-state index contributed by atoms with van der Waals surface area (Å²) < 4.78 is 5.40. The van der Waals surface area contributed by atoms with Gasteiger partial charge in [-0.05, 0) is 24.3 Å². The highest BCUT2D eigenvalue weighted by molar-refractivity contribution is 6.42. The molecule has 0 fully saturated rings. The van der Waals surface area contributed by atoms with E-state index in [2.05, 4.69) is 11.8 Å². The number of rotatable bonds is 3. The number of non-ortho nitro benzene ring substituents is 1. The van der Waals surface area contributed by atoms with Crippen LogP contribution >= 0.6 is 23.2 Å². The van der Waals surface area contributed by atoms with E-state index in [1.807, 2.05) is 0 Å². The molecule has 2 aromatic rings. The lowest BCUT2D eigenvalue weighted by Crippen LogP contribution is -1.94. The highest BCUT2D eigenvalue weighted by Crippen LogP contribution is 2.26. The molecule has 0 saturated heterocycles. The molecule has 6 heteroatoms. The lowest BCUT2D eigenvalue weighted by Gasteiger charge is -2.02. The highest BCUT2D eigenvalue weighted by Gasteiger charge is 2.02. The Bertz CT molecular complexity index is 718. The van der Waals surface area contributed by atoms with Gasteiger partial charge in [0.2, 0.25) is 0 Å². The van der Waals surface area contributed by atoms with Gasteiger partial charge >= 0.3 is 0 Å². The number of nitrogens with zero attached hydrogens (tertiary/aromatic N) is 1. The molecule has 0 aromatic heterocycles. The van der Waals surface area contributed by atoms with E-state index in [4.69, 9.17) is 27.9 Å². The molecule has 0 heterocycles. The fourth-order valence-electron chi connectivity index (χ4n) is 1.49. The van der Waals surface area contributed by atoms with Gasteiger partial charge in [-0.15, -0.1) is 0 Å². The zero-order valence-electron chi connectivity index (χ0n) is 10.7. The number of hydrogen-bond donors (Lipinski definition) is 0. The summed E-state index contributed by atoms with van der Waals surface area (Å²) in [5.74, 6) is 6.24. The summed E-state index contributed by atoms with van der Waals surface area (Å²) in [5, 5.41) is 11.4. The van der Waals surface area contributed by atoms with E-state index >= 15 is 0 Å². The van der Waals surface area contributed by atoms with Crippen LogP contribution in [0.25, 0.3) is 0 Å². The predicted molar refractivity (Wildman–Crippen MR) is 81.9 cm³/mol. The largest absolute Gasteiger partial charge is 0.481 e. The van der Waals surface area contributed by atoms with E-state index in [0.717, 1.165) is 0 Å². The van der Waals surface area contributed by atoms with Crippen LogP contribution in [0.3, 0.4) is 0 Å². The van der Waals surface area contributed by atoms with Gasteiger partial charge in [-0.25, -0.2) is 0 Å². The van der Waals surface area contributed by atoms with Crippen molar-refractivity contribution < 1.29 is 9.66 Å². The summed E-state index contributed by atoms with van der Waals surface area (Å²) in [6, 6.07) is 10.9. The first-order valence-electron chi connectivity index (χ1n) is 5.87. The second-order valence-electron chi connectivity index (χ2n) is 3.97. The molecule has 0 unspecified atom stereocenters. The molecule has 0 aliphatic rings. The SMILES string of the molecule is O=[N+]([O-])c1ccc(C#CCOc2ccc(Cl)c(Cl)c2)cc1. The fourth-order valence-corrected chi connectivity index (χ4v) is 1.78. The van der Waals surface area contributed by atoms with Crippen LogP contribution in [0.15, 0.2) is 42.5 Å². The summed E-state index contributed by atoms with van der Waals surface area (Å²) in [5.41, 5.74) is 0.714. The zero-order chi connectivity index (χ0) is 15.2. The average molecular weight is 322 g/mol. The third-order valence-electron chi connectivity index (χ3n) is 2.51. The van der Waals surface area contributed by atoms with Crippen molar-refractivity contribution in [1.29, 1.82) is 0 Å². The Morgan fingerprint density at radius 2 is 1.81 bits per heavy atom. The Morgan fingerprint density at radius 3 is 2.43 bits per heavy atom. The molecule has 106 valence electrons. The number of nitro benzene ring substituents is 1. The summed E-state index contributed by atoms with van der Waals surface area (Å²) >= 11 is 11.7. The van der Waals surface area contributed by atoms with Crippen LogP contribution < -0.4 is 4.74 Å². The summed E-state index contributed by atoms with van der Waals surface area (Å²) in [6.45, 7) is 0.176. The van der Waals surface area contributed by atoms with Gasteiger partial charge in [0.15, 0.2) is 0 Å². The first-order chi connectivity index (χ1) is 10.1. The molecule has 0 atom stereocenters. The minimum absolute atomic E-state index is 0.0348. The van der Waals surface area contributed by atoms with Crippen LogP contribution in [0.2, 0.25) is 10.0 Å². The Morgan fingerprint density at radius 1 is 1.10 bits per heavy atom. The van der Waals surface area contributed by atoms with Crippen molar-refractivity contribution in [3.05, 3.63) is 68.2 Å². The Labute approximate surface area is 131 Å². The van der Waals surface area contributed by atoms with Crippen LogP contribution in [0.5, 0.6) is 5.75 Å². The molecule has 0 amide bonds. The first kappa shape index (κ1) is 15.2. The normalized spacial score (nSPS) is 9.62. The first-order valence-corrected chi connectivity index (χ1v) is 6.63. The van der Waals surface area contributed by atoms with Crippen LogP contribution in [0.1, 0.15) is 5.56 Å². The molecule has 0 radical (unpaired) electrons. The Kier molecular flexibility index (Phi) is 5.04. The molecule has 0 aliphatic heterocycles. The maximum Gasteiger partial charge on any atom is 0.269 e. The second-order valence-corrected chi connectivity index (χ2v) is 4.78. The minimum atomic E-state index is -0.454. The van der Waals surface area contributed by atoms with Crippen LogP contribution in [0.4, 0.5) is 5.69 Å². The van der Waals surface area contributed by atoms with E-state index in [9.17, 15) is 10.1 Å². The molecule has 0 N–H and O–H groups in total. The number of benzene rings is 2. The molecule has 0 bridgehead atoms.